The normalized spacial score (nSPS) is 13.2. The molecule has 1 aromatic heterocycles. The molecule has 1 amide bonds. The lowest BCUT2D eigenvalue weighted by atomic mass is 9.95. The van der Waals surface area contributed by atoms with Gasteiger partial charge in [0, 0.05) is 32.9 Å². The molecule has 1 aliphatic carbocycles. The number of halogens is 1. The highest BCUT2D eigenvalue weighted by molar-refractivity contribution is 9.10. The van der Waals surface area contributed by atoms with Gasteiger partial charge in [-0.3, -0.25) is 14.9 Å². The van der Waals surface area contributed by atoms with E-state index in [0.29, 0.717) is 20.7 Å². The average molecular weight is 500 g/mol. The molecule has 0 radical (unpaired) electrons. The monoisotopic (exact) mass is 499 g/mol. The van der Waals surface area contributed by atoms with Gasteiger partial charge in [0.25, 0.3) is 5.91 Å². The van der Waals surface area contributed by atoms with Crippen molar-refractivity contribution in [1.82, 2.24) is 0 Å². The number of carbonyl (C=O) groups excluding carboxylic acids is 1. The minimum Gasteiger partial charge on any atom is -0.502 e. The number of phenolic OH excluding ortho intramolecular Hbond substituents is 1. The van der Waals surface area contributed by atoms with E-state index in [-0.39, 0.29) is 11.5 Å². The molecule has 0 atom stereocenters. The van der Waals surface area contributed by atoms with Crippen molar-refractivity contribution in [2.24, 2.45) is 4.99 Å². The average Bonchev–Trinajstić information content (AvgIpc) is 3.13. The number of phenols is 1. The maximum absolute atomic E-state index is 13.1. The molecule has 4 rings (SSSR count). The topological polar surface area (TPSA) is 105 Å². The van der Waals surface area contributed by atoms with E-state index >= 15 is 0 Å². The summed E-state index contributed by atoms with van der Waals surface area (Å²) < 4.78 is 0.450. The van der Waals surface area contributed by atoms with E-state index in [9.17, 15) is 20.0 Å². The number of fused-ring (bicyclic) bond motifs is 1. The highest BCUT2D eigenvalue weighted by Gasteiger charge is 2.25. The maximum atomic E-state index is 13.1. The lowest BCUT2D eigenvalue weighted by Crippen LogP contribution is -2.14. The van der Waals surface area contributed by atoms with Gasteiger partial charge in [0.05, 0.1) is 10.5 Å². The first-order valence-corrected chi connectivity index (χ1v) is 11.3. The Morgan fingerprint density at radius 1 is 1.23 bits per heavy atom. The lowest BCUT2D eigenvalue weighted by Gasteiger charge is -2.12. The summed E-state index contributed by atoms with van der Waals surface area (Å²) >= 11 is 4.68. The Morgan fingerprint density at radius 2 is 1.97 bits per heavy atom. The third-order valence-corrected chi connectivity index (χ3v) is 6.67. The molecular weight excluding hydrogens is 482 g/mol. The van der Waals surface area contributed by atoms with E-state index in [1.54, 1.807) is 6.07 Å². The predicted octanol–water partition coefficient (Wildman–Crippen LogP) is 6.01. The van der Waals surface area contributed by atoms with Crippen molar-refractivity contribution < 1.29 is 14.8 Å². The van der Waals surface area contributed by atoms with Crippen LogP contribution >= 0.6 is 27.3 Å². The van der Waals surface area contributed by atoms with Gasteiger partial charge in [-0.2, -0.15) is 0 Å². The van der Waals surface area contributed by atoms with Crippen molar-refractivity contribution in [3.05, 3.63) is 78.6 Å². The number of nitro groups is 1. The third kappa shape index (κ3) is 4.52. The number of benzene rings is 2. The Kier molecular flexibility index (Phi) is 6.15. The standard InChI is InChI=1S/C22H18BrN3O4S/c23-14-10-13(20(27)17(11-14)26(29)30)12-24-22-19(16-8-4-5-9-18(16)31-22)21(28)25-15-6-2-1-3-7-15/h1-3,6-7,10-12,27H,4-5,8-9H2,(H,25,28). The number of aryl methyl sites for hydroxylation is 1. The first-order chi connectivity index (χ1) is 14.9. The molecule has 0 fully saturated rings. The number of amides is 1. The van der Waals surface area contributed by atoms with Gasteiger partial charge < -0.3 is 10.4 Å². The largest absolute Gasteiger partial charge is 0.502 e. The Balaban J connectivity index is 1.73. The number of para-hydroxylation sites is 1. The Bertz CT molecular complexity index is 1190. The highest BCUT2D eigenvalue weighted by Crippen LogP contribution is 2.41. The molecule has 0 unspecified atom stereocenters. The molecule has 0 aliphatic heterocycles. The van der Waals surface area contributed by atoms with E-state index < -0.39 is 16.4 Å². The summed E-state index contributed by atoms with van der Waals surface area (Å²) in [4.78, 5) is 29.3. The summed E-state index contributed by atoms with van der Waals surface area (Å²) in [5.74, 6) is -0.698. The van der Waals surface area contributed by atoms with Crippen molar-refractivity contribution in [2.75, 3.05) is 5.32 Å². The maximum Gasteiger partial charge on any atom is 0.312 e. The molecule has 0 saturated heterocycles. The molecule has 1 heterocycles. The number of anilines is 1. The van der Waals surface area contributed by atoms with Crippen LogP contribution in [0.5, 0.6) is 5.75 Å². The summed E-state index contributed by atoms with van der Waals surface area (Å²) in [6.45, 7) is 0. The number of nitrogens with one attached hydrogen (secondary N) is 1. The fourth-order valence-electron chi connectivity index (χ4n) is 3.56. The molecule has 0 saturated carbocycles. The zero-order valence-electron chi connectivity index (χ0n) is 16.3. The Morgan fingerprint density at radius 3 is 2.71 bits per heavy atom. The fourth-order valence-corrected chi connectivity index (χ4v) is 5.26. The molecule has 0 bridgehead atoms. The summed E-state index contributed by atoms with van der Waals surface area (Å²) in [6, 6.07) is 12.0. The van der Waals surface area contributed by atoms with E-state index in [1.165, 1.54) is 23.6 Å². The lowest BCUT2D eigenvalue weighted by molar-refractivity contribution is -0.385. The molecule has 31 heavy (non-hydrogen) atoms. The molecular formula is C22H18BrN3O4S. The van der Waals surface area contributed by atoms with Gasteiger partial charge in [-0.15, -0.1) is 11.3 Å². The molecule has 1 aliphatic rings. The second-order valence-corrected chi connectivity index (χ2v) is 9.09. The van der Waals surface area contributed by atoms with Gasteiger partial charge in [-0.1, -0.05) is 34.1 Å². The Labute approximate surface area is 190 Å². The van der Waals surface area contributed by atoms with Crippen molar-refractivity contribution in [3.63, 3.8) is 0 Å². The predicted molar refractivity (Wildman–Crippen MR) is 125 cm³/mol. The van der Waals surface area contributed by atoms with Crippen molar-refractivity contribution >= 4 is 55.8 Å². The van der Waals surface area contributed by atoms with Gasteiger partial charge in [-0.25, -0.2) is 4.99 Å². The van der Waals surface area contributed by atoms with Crippen LogP contribution in [-0.4, -0.2) is 22.2 Å². The van der Waals surface area contributed by atoms with Crippen LogP contribution in [0.2, 0.25) is 0 Å². The number of hydrogen-bond acceptors (Lipinski definition) is 6. The van der Waals surface area contributed by atoms with Gasteiger partial charge in [0.15, 0.2) is 0 Å². The van der Waals surface area contributed by atoms with Crippen molar-refractivity contribution in [3.8, 4) is 5.75 Å². The SMILES string of the molecule is O=C(Nc1ccccc1)c1c(N=Cc2cc(Br)cc([N+](=O)[O-])c2O)sc2c1CCCC2. The second kappa shape index (κ2) is 8.99. The number of aromatic hydroxyl groups is 1. The number of thiophene rings is 1. The van der Waals surface area contributed by atoms with Crippen molar-refractivity contribution in [1.29, 1.82) is 0 Å². The van der Waals surface area contributed by atoms with Gasteiger partial charge in [0.2, 0.25) is 5.75 Å². The van der Waals surface area contributed by atoms with Crippen LogP contribution in [0.15, 0.2) is 51.9 Å². The smallest absolute Gasteiger partial charge is 0.312 e. The number of hydrogen-bond donors (Lipinski definition) is 2. The first kappa shape index (κ1) is 21.2. The van der Waals surface area contributed by atoms with Crippen LogP contribution in [0, 0.1) is 10.1 Å². The number of nitro benzene ring substituents is 1. The minimum atomic E-state index is -0.653. The summed E-state index contributed by atoms with van der Waals surface area (Å²) in [5, 5.41) is 24.9. The summed E-state index contributed by atoms with van der Waals surface area (Å²) in [6.07, 6.45) is 5.15. The minimum absolute atomic E-state index is 0.196. The summed E-state index contributed by atoms with van der Waals surface area (Å²) in [7, 11) is 0. The van der Waals surface area contributed by atoms with Gasteiger partial charge in [-0.05, 0) is 49.4 Å². The fraction of sp³-hybridized carbons (Fsp3) is 0.182. The molecule has 2 N–H and O–H groups in total. The Hall–Kier alpha value is -3.04. The molecule has 7 nitrogen and oxygen atoms in total. The third-order valence-electron chi connectivity index (χ3n) is 5.01. The van der Waals surface area contributed by atoms with E-state index in [2.05, 4.69) is 26.2 Å². The number of aliphatic imine (C=N–C) groups is 1. The van der Waals surface area contributed by atoms with E-state index in [4.69, 9.17) is 0 Å². The summed E-state index contributed by atoms with van der Waals surface area (Å²) in [5.41, 5.74) is 2.02. The molecule has 3 aromatic rings. The molecule has 2 aromatic carbocycles. The van der Waals surface area contributed by atoms with E-state index in [0.717, 1.165) is 36.1 Å². The molecule has 158 valence electrons. The highest BCUT2D eigenvalue weighted by atomic mass is 79.9. The van der Waals surface area contributed by atoms with Crippen LogP contribution < -0.4 is 5.32 Å². The van der Waals surface area contributed by atoms with Crippen molar-refractivity contribution in [2.45, 2.75) is 25.7 Å². The molecule has 0 spiro atoms. The quantitative estimate of drug-likeness (QED) is 0.254. The number of rotatable bonds is 5. The van der Waals surface area contributed by atoms with Crippen LogP contribution in [0.3, 0.4) is 0 Å². The van der Waals surface area contributed by atoms with Crippen LogP contribution in [-0.2, 0) is 12.8 Å². The van der Waals surface area contributed by atoms with Crippen LogP contribution in [0.1, 0.15) is 39.2 Å². The number of nitrogens with zero attached hydrogens (tertiary/aromatic N) is 2. The second-order valence-electron chi connectivity index (χ2n) is 7.09. The van der Waals surface area contributed by atoms with Crippen LogP contribution in [0.4, 0.5) is 16.4 Å². The van der Waals surface area contributed by atoms with Gasteiger partial charge in [0.1, 0.15) is 5.00 Å². The zero-order valence-corrected chi connectivity index (χ0v) is 18.7. The van der Waals surface area contributed by atoms with Gasteiger partial charge >= 0.3 is 5.69 Å². The van der Waals surface area contributed by atoms with E-state index in [1.807, 2.05) is 30.3 Å². The first-order valence-electron chi connectivity index (χ1n) is 9.66. The zero-order chi connectivity index (χ0) is 22.0. The van der Waals surface area contributed by atoms with Crippen LogP contribution in [0.25, 0.3) is 0 Å². The molecule has 9 heteroatoms. The number of carbonyl (C=O) groups is 1.